The summed E-state index contributed by atoms with van der Waals surface area (Å²) in [4.78, 5) is 6.83. The first-order valence-corrected chi connectivity index (χ1v) is 3.10. The second-order valence-electron chi connectivity index (χ2n) is 2.35. The van der Waals surface area contributed by atoms with E-state index in [1.807, 2.05) is 0 Å². The van der Waals surface area contributed by atoms with Crippen LogP contribution in [-0.4, -0.2) is 9.97 Å². The fourth-order valence-corrected chi connectivity index (χ4v) is 0.607. The Kier molecular flexibility index (Phi) is 1.52. The fourth-order valence-electron chi connectivity index (χ4n) is 0.607. The van der Waals surface area contributed by atoms with Gasteiger partial charge in [0, 0.05) is 18.8 Å². The maximum atomic E-state index is 12.6. The standard InChI is InChI=1S/C7H8F2N2/c1-5-3-4-10-6(11-5)7(2,8)9/h3-4H,1-2H3/i4D. The van der Waals surface area contributed by atoms with Crippen LogP contribution in [0.15, 0.2) is 12.2 Å². The molecular formula is C7H8F2N2. The Morgan fingerprint density at radius 3 is 2.73 bits per heavy atom. The van der Waals surface area contributed by atoms with Gasteiger partial charge in [-0.3, -0.25) is 0 Å². The summed E-state index contributed by atoms with van der Waals surface area (Å²) >= 11 is 0. The van der Waals surface area contributed by atoms with Crippen LogP contribution in [0.2, 0.25) is 0 Å². The highest BCUT2D eigenvalue weighted by molar-refractivity contribution is 5.02. The average molecular weight is 159 g/mol. The minimum atomic E-state index is -3.07. The Labute approximate surface area is 64.7 Å². The molecule has 0 spiro atoms. The minimum Gasteiger partial charge on any atom is -0.236 e. The van der Waals surface area contributed by atoms with Gasteiger partial charge in [-0.2, -0.15) is 8.78 Å². The van der Waals surface area contributed by atoms with Crippen molar-refractivity contribution < 1.29 is 10.2 Å². The minimum absolute atomic E-state index is 0.181. The molecule has 0 aromatic carbocycles. The maximum absolute atomic E-state index is 12.6. The molecule has 1 heterocycles. The highest BCUT2D eigenvalue weighted by atomic mass is 19.3. The molecule has 4 heteroatoms. The topological polar surface area (TPSA) is 25.8 Å². The number of nitrogens with zero attached hydrogens (tertiary/aromatic N) is 2. The molecule has 0 saturated carbocycles. The Morgan fingerprint density at radius 2 is 2.27 bits per heavy atom. The highest BCUT2D eigenvalue weighted by Gasteiger charge is 2.27. The number of aryl methyl sites for hydroxylation is 1. The van der Waals surface area contributed by atoms with Gasteiger partial charge in [-0.15, -0.1) is 0 Å². The average Bonchev–Trinajstić information content (AvgIpc) is 1.82. The quantitative estimate of drug-likeness (QED) is 0.625. The lowest BCUT2D eigenvalue weighted by molar-refractivity contribution is 0.00750. The molecule has 0 atom stereocenters. The molecule has 1 rings (SSSR count). The molecule has 11 heavy (non-hydrogen) atoms. The van der Waals surface area contributed by atoms with Crippen LogP contribution in [0, 0.1) is 6.92 Å². The second kappa shape index (κ2) is 2.53. The third kappa shape index (κ3) is 1.93. The van der Waals surface area contributed by atoms with Crippen molar-refractivity contribution in [2.45, 2.75) is 19.8 Å². The molecule has 1 aromatic heterocycles. The molecule has 0 fully saturated rings. The summed E-state index contributed by atoms with van der Waals surface area (Å²) in [6, 6.07) is 1.33. The van der Waals surface area contributed by atoms with Crippen molar-refractivity contribution in [2.75, 3.05) is 0 Å². The van der Waals surface area contributed by atoms with Crippen molar-refractivity contribution in [1.29, 1.82) is 0 Å². The van der Waals surface area contributed by atoms with E-state index in [0.717, 1.165) is 0 Å². The molecule has 2 nitrogen and oxygen atoms in total. The van der Waals surface area contributed by atoms with Gasteiger partial charge in [0.1, 0.15) is 0 Å². The number of halogens is 2. The van der Waals surface area contributed by atoms with Gasteiger partial charge in [0.2, 0.25) is 0 Å². The van der Waals surface area contributed by atoms with E-state index in [-0.39, 0.29) is 6.17 Å². The molecule has 0 radical (unpaired) electrons. The van der Waals surface area contributed by atoms with E-state index in [2.05, 4.69) is 9.97 Å². The van der Waals surface area contributed by atoms with E-state index in [9.17, 15) is 8.78 Å². The number of aromatic nitrogens is 2. The van der Waals surface area contributed by atoms with E-state index in [1.165, 1.54) is 6.07 Å². The zero-order chi connectivity index (χ0) is 9.35. The molecular weight excluding hydrogens is 150 g/mol. The van der Waals surface area contributed by atoms with Crippen LogP contribution in [-0.2, 0) is 5.92 Å². The van der Waals surface area contributed by atoms with Crippen molar-refractivity contribution in [3.63, 3.8) is 0 Å². The van der Waals surface area contributed by atoms with Gasteiger partial charge < -0.3 is 0 Å². The van der Waals surface area contributed by atoms with Crippen molar-refractivity contribution in [2.24, 2.45) is 0 Å². The van der Waals surface area contributed by atoms with E-state index in [0.29, 0.717) is 12.6 Å². The first-order valence-electron chi connectivity index (χ1n) is 3.60. The maximum Gasteiger partial charge on any atom is 0.303 e. The van der Waals surface area contributed by atoms with Crippen LogP contribution >= 0.6 is 0 Å². The van der Waals surface area contributed by atoms with Gasteiger partial charge in [0.05, 0.1) is 1.37 Å². The largest absolute Gasteiger partial charge is 0.303 e. The molecule has 0 unspecified atom stereocenters. The normalized spacial score (nSPS) is 12.9. The Hall–Kier alpha value is -1.06. The van der Waals surface area contributed by atoms with Crippen LogP contribution in [0.4, 0.5) is 8.78 Å². The van der Waals surface area contributed by atoms with Crippen LogP contribution in [0.3, 0.4) is 0 Å². The lowest BCUT2D eigenvalue weighted by Crippen LogP contribution is -2.12. The first kappa shape index (κ1) is 6.64. The van der Waals surface area contributed by atoms with E-state index in [4.69, 9.17) is 1.37 Å². The Morgan fingerprint density at radius 1 is 1.64 bits per heavy atom. The molecule has 60 valence electrons. The summed E-state index contributed by atoms with van der Waals surface area (Å²) in [5.74, 6) is -3.66. The van der Waals surface area contributed by atoms with Gasteiger partial charge in [0.15, 0.2) is 5.82 Å². The van der Waals surface area contributed by atoms with Crippen LogP contribution in [0.25, 0.3) is 0 Å². The Bertz CT molecular complexity index is 276. The van der Waals surface area contributed by atoms with Gasteiger partial charge in [-0.25, -0.2) is 9.97 Å². The van der Waals surface area contributed by atoms with Crippen LogP contribution < -0.4 is 0 Å². The third-order valence-electron chi connectivity index (χ3n) is 1.12. The predicted molar refractivity (Wildman–Crippen MR) is 36.3 cm³/mol. The van der Waals surface area contributed by atoms with E-state index >= 15 is 0 Å². The van der Waals surface area contributed by atoms with Crippen molar-refractivity contribution in [3.05, 3.63) is 23.8 Å². The van der Waals surface area contributed by atoms with Crippen molar-refractivity contribution in [1.82, 2.24) is 9.97 Å². The molecule has 0 N–H and O–H groups in total. The summed E-state index contributed by atoms with van der Waals surface area (Å²) in [6.45, 7) is 2.26. The van der Waals surface area contributed by atoms with Crippen LogP contribution in [0.1, 0.15) is 19.8 Å². The molecule has 0 amide bonds. The summed E-state index contributed by atoms with van der Waals surface area (Å²) in [7, 11) is 0. The van der Waals surface area contributed by atoms with E-state index < -0.39 is 11.7 Å². The van der Waals surface area contributed by atoms with Gasteiger partial charge in [-0.05, 0) is 13.0 Å². The zero-order valence-corrected chi connectivity index (χ0v) is 6.23. The van der Waals surface area contributed by atoms with E-state index in [1.54, 1.807) is 6.92 Å². The fraction of sp³-hybridized carbons (Fsp3) is 0.429. The number of alkyl halides is 2. The summed E-state index contributed by atoms with van der Waals surface area (Å²) < 4.78 is 32.3. The predicted octanol–water partition coefficient (Wildman–Crippen LogP) is 1.90. The molecule has 0 aliphatic carbocycles. The molecule has 0 bridgehead atoms. The second-order valence-corrected chi connectivity index (χ2v) is 2.35. The molecule has 0 aliphatic heterocycles. The lowest BCUT2D eigenvalue weighted by atomic mass is 10.3. The SMILES string of the molecule is [2H]c1cc(C)nc(C(C)(F)F)n1. The summed E-state index contributed by atoms with van der Waals surface area (Å²) in [6.07, 6.45) is -0.181. The molecule has 0 aliphatic rings. The zero-order valence-electron chi connectivity index (χ0n) is 7.23. The third-order valence-corrected chi connectivity index (χ3v) is 1.12. The van der Waals surface area contributed by atoms with Gasteiger partial charge in [0.25, 0.3) is 0 Å². The number of hydrogen-bond donors (Lipinski definition) is 0. The monoisotopic (exact) mass is 159 g/mol. The number of hydrogen-bond acceptors (Lipinski definition) is 2. The molecule has 1 aromatic rings. The first-order chi connectivity index (χ1) is 5.39. The lowest BCUT2D eigenvalue weighted by Gasteiger charge is -2.07. The van der Waals surface area contributed by atoms with Crippen LogP contribution in [0.5, 0.6) is 0 Å². The summed E-state index contributed by atoms with van der Waals surface area (Å²) in [5.41, 5.74) is 0.381. The summed E-state index contributed by atoms with van der Waals surface area (Å²) in [5, 5.41) is 0. The molecule has 0 saturated heterocycles. The number of rotatable bonds is 1. The van der Waals surface area contributed by atoms with Crippen molar-refractivity contribution >= 4 is 0 Å². The van der Waals surface area contributed by atoms with Crippen molar-refractivity contribution in [3.8, 4) is 0 Å². The Balaban J connectivity index is 3.18. The smallest absolute Gasteiger partial charge is 0.236 e. The van der Waals surface area contributed by atoms with Gasteiger partial charge in [-0.1, -0.05) is 0 Å². The van der Waals surface area contributed by atoms with Gasteiger partial charge >= 0.3 is 5.92 Å². The highest BCUT2D eigenvalue weighted by Crippen LogP contribution is 2.22.